The molecular formula is C57H74F4N12O9. The number of carbonyl (C=O) groups is 5. The molecule has 0 spiro atoms. The number of aliphatic hydroxyl groups is 1. The van der Waals surface area contributed by atoms with Crippen molar-refractivity contribution in [3.63, 3.8) is 0 Å². The molecule has 7 N–H and O–H groups in total. The van der Waals surface area contributed by atoms with Gasteiger partial charge in [-0.05, 0) is 65.0 Å². The van der Waals surface area contributed by atoms with Gasteiger partial charge in [0.05, 0.1) is 49.8 Å². The molecule has 7 atom stereocenters. The Morgan fingerprint density at radius 2 is 1.34 bits per heavy atom. The van der Waals surface area contributed by atoms with Gasteiger partial charge >= 0.3 is 12.2 Å². The van der Waals surface area contributed by atoms with Gasteiger partial charge in [0, 0.05) is 73.5 Å². The number of amides is 5. The number of anilines is 1. The summed E-state index contributed by atoms with van der Waals surface area (Å²) < 4.78 is 69.7. The Kier molecular flexibility index (Phi) is 19.6. The second-order valence-electron chi connectivity index (χ2n) is 24.3. The Balaban J connectivity index is 1.16. The highest BCUT2D eigenvalue weighted by Crippen LogP contribution is 2.37. The molecule has 21 nitrogen and oxygen atoms in total. The standard InChI is InChI=1S/C57H74F4N12O9/c1-55(2,3)46(65-50(76)47(56(4,5)6)67-54(80)81-10)49(75)64-43(19-33-14-11-32(12-15-33)13-16-34-23-62-52(63-24-34)70-25-36-22-37(26-70)73(36)38-30-82-31-38)44(74)28-72(69-51(77)48(57(7,8)9)66-53(78)79)27-39-40(58)20-35(21-41(39)59)42-17-18-71(68-42)29-45(60)61/h11-12,14-15,17-18,20-21,23-24,36-38,43-48,66,74H,19,22,25-31H2,1-10H3,(H,64,75)(H,65,76)(H,67,80)(H,69,77)(H,78,79)/t36?,37?,43-,44-,46+,47+,48+/m0/s1. The second-order valence-corrected chi connectivity index (χ2v) is 24.3. The predicted octanol–water partition coefficient (Wildman–Crippen LogP) is 4.85. The molecule has 2 aromatic carbocycles. The molecule has 25 heteroatoms. The van der Waals surface area contributed by atoms with Crippen molar-refractivity contribution in [2.45, 2.75) is 143 Å². The van der Waals surface area contributed by atoms with Crippen molar-refractivity contribution in [3.8, 4) is 23.1 Å². The second kappa shape index (κ2) is 25.8. The van der Waals surface area contributed by atoms with Crippen LogP contribution in [0.5, 0.6) is 0 Å². The van der Waals surface area contributed by atoms with E-state index in [-0.39, 0.29) is 17.7 Å². The summed E-state index contributed by atoms with van der Waals surface area (Å²) in [7, 11) is 1.14. The van der Waals surface area contributed by atoms with E-state index < -0.39 is 120 Å². The maximum absolute atomic E-state index is 16.2. The van der Waals surface area contributed by atoms with Gasteiger partial charge in [-0.3, -0.25) is 29.4 Å². The zero-order valence-electron chi connectivity index (χ0n) is 47.7. The number of nitrogens with zero attached hydrogens (tertiary/aromatic N) is 7. The fourth-order valence-corrected chi connectivity index (χ4v) is 10.1. The Bertz CT molecular complexity index is 2950. The number of hydrogen-bond acceptors (Lipinski definition) is 14. The minimum atomic E-state index is -2.74. The lowest BCUT2D eigenvalue weighted by atomic mass is 9.83. The molecule has 0 radical (unpaired) electrons. The molecule has 4 aliphatic rings. The molecular weight excluding hydrogens is 1070 g/mol. The fraction of sp³-hybridized carbons (Fsp3) is 0.544. The molecule has 0 aliphatic carbocycles. The molecule has 4 saturated heterocycles. The molecule has 5 amide bonds. The van der Waals surface area contributed by atoms with Gasteiger partial charge in [0.1, 0.15) is 36.3 Å². The van der Waals surface area contributed by atoms with Crippen molar-refractivity contribution in [1.82, 2.24) is 56.4 Å². The maximum atomic E-state index is 16.2. The molecule has 2 unspecified atom stereocenters. The molecule has 444 valence electrons. The maximum Gasteiger partial charge on any atom is 0.407 e. The van der Waals surface area contributed by atoms with Gasteiger partial charge in [-0.25, -0.2) is 42.1 Å². The number of nitrogens with one attached hydrogen (secondary N) is 5. The van der Waals surface area contributed by atoms with Gasteiger partial charge in [0.2, 0.25) is 17.8 Å². The number of carboxylic acid groups (broad SMARTS) is 1. The molecule has 6 heterocycles. The third kappa shape index (κ3) is 16.0. The quantitative estimate of drug-likeness (QED) is 0.0355. The number of rotatable bonds is 20. The lowest BCUT2D eigenvalue weighted by Gasteiger charge is -2.60. The van der Waals surface area contributed by atoms with Crippen LogP contribution in [0.4, 0.5) is 33.1 Å². The van der Waals surface area contributed by atoms with Crippen LogP contribution in [0.15, 0.2) is 61.1 Å². The van der Waals surface area contributed by atoms with Crippen LogP contribution in [0.2, 0.25) is 0 Å². The van der Waals surface area contributed by atoms with Crippen molar-refractivity contribution in [1.29, 1.82) is 0 Å². The Morgan fingerprint density at radius 3 is 1.88 bits per heavy atom. The van der Waals surface area contributed by atoms with E-state index in [2.05, 4.69) is 63.4 Å². The number of methoxy groups -OCH3 is 1. The first-order valence-corrected chi connectivity index (χ1v) is 27.0. The van der Waals surface area contributed by atoms with Gasteiger partial charge < -0.3 is 45.9 Å². The summed E-state index contributed by atoms with van der Waals surface area (Å²) in [5, 5.41) is 37.4. The molecule has 0 saturated carbocycles. The number of hydrazine groups is 1. The molecule has 4 aromatic rings. The number of piperazine rings is 1. The number of aromatic nitrogens is 4. The number of hydrogen-bond donors (Lipinski definition) is 7. The number of alkyl carbamates (subject to hydrolysis) is 1. The zero-order chi connectivity index (χ0) is 60.0. The van der Waals surface area contributed by atoms with Crippen LogP contribution >= 0.6 is 0 Å². The molecule has 2 aromatic heterocycles. The highest BCUT2D eigenvalue weighted by molar-refractivity contribution is 5.92. The summed E-state index contributed by atoms with van der Waals surface area (Å²) in [5.74, 6) is 2.12. The van der Waals surface area contributed by atoms with Crippen LogP contribution in [-0.4, -0.2) is 165 Å². The van der Waals surface area contributed by atoms with Gasteiger partial charge in [0.25, 0.3) is 12.3 Å². The number of halogens is 4. The van der Waals surface area contributed by atoms with Gasteiger partial charge in [-0.15, -0.1) is 0 Å². The van der Waals surface area contributed by atoms with E-state index in [1.165, 1.54) is 12.3 Å². The average molecular weight is 1150 g/mol. The summed E-state index contributed by atoms with van der Waals surface area (Å²) in [6.45, 7) is 16.0. The Labute approximate surface area is 474 Å². The summed E-state index contributed by atoms with van der Waals surface area (Å²) in [5.41, 5.74) is 0.642. The summed E-state index contributed by atoms with van der Waals surface area (Å²) >= 11 is 0. The lowest BCUT2D eigenvalue weighted by molar-refractivity contribution is -0.142. The van der Waals surface area contributed by atoms with Crippen LogP contribution < -0.4 is 31.6 Å². The zero-order valence-corrected chi connectivity index (χ0v) is 47.7. The van der Waals surface area contributed by atoms with Crippen molar-refractivity contribution in [3.05, 3.63) is 94.9 Å². The van der Waals surface area contributed by atoms with Gasteiger partial charge in [0.15, 0.2) is 0 Å². The molecule has 4 aliphatic heterocycles. The first-order chi connectivity index (χ1) is 38.5. The lowest BCUT2D eigenvalue weighted by Crippen LogP contribution is -2.74. The molecule has 8 rings (SSSR count). The van der Waals surface area contributed by atoms with E-state index in [0.29, 0.717) is 40.8 Å². The number of benzene rings is 2. The predicted molar refractivity (Wildman–Crippen MR) is 294 cm³/mol. The van der Waals surface area contributed by atoms with E-state index >= 15 is 8.78 Å². The fourth-order valence-electron chi connectivity index (χ4n) is 10.1. The van der Waals surface area contributed by atoms with E-state index in [9.17, 15) is 43.0 Å². The van der Waals surface area contributed by atoms with Crippen molar-refractivity contribution >= 4 is 35.9 Å². The van der Waals surface area contributed by atoms with Crippen molar-refractivity contribution < 1.29 is 61.2 Å². The third-order valence-corrected chi connectivity index (χ3v) is 14.6. The van der Waals surface area contributed by atoms with Crippen molar-refractivity contribution in [2.24, 2.45) is 16.2 Å². The van der Waals surface area contributed by atoms with Crippen LogP contribution in [0.25, 0.3) is 11.3 Å². The molecule has 82 heavy (non-hydrogen) atoms. The smallest absolute Gasteiger partial charge is 0.407 e. The summed E-state index contributed by atoms with van der Waals surface area (Å²) in [6.07, 6.45) is -1.25. The van der Waals surface area contributed by atoms with E-state index in [0.717, 1.165) is 61.7 Å². The Morgan fingerprint density at radius 1 is 0.780 bits per heavy atom. The Hall–Kier alpha value is -7.40. The minimum Gasteiger partial charge on any atom is -0.465 e. The number of fused-ring (bicyclic) bond motifs is 2. The molecule has 4 fully saturated rings. The SMILES string of the molecule is COC(=O)N[C@H](C(=O)N[C@H](C(=O)N[C@@H](Cc1ccc(C#Cc2cnc(N3CC4CC(C3)N4C3COC3)nc2)cc1)[C@@H](O)CN(Cc1c(F)cc(-c2ccn(CC(F)F)n2)cc1F)NC(=O)[C@@H](NC(=O)O)C(C)(C)C)C(C)(C)C)C(C)(C)C. The van der Waals surface area contributed by atoms with E-state index in [4.69, 9.17) is 9.47 Å². The van der Waals surface area contributed by atoms with Crippen LogP contribution in [0.3, 0.4) is 0 Å². The topological polar surface area (TPSA) is 258 Å². The number of ether oxygens (including phenoxy) is 2. The van der Waals surface area contributed by atoms with Crippen LogP contribution in [0, 0.1) is 39.7 Å². The highest BCUT2D eigenvalue weighted by atomic mass is 19.3. The largest absolute Gasteiger partial charge is 0.465 e. The van der Waals surface area contributed by atoms with Gasteiger partial charge in [-0.2, -0.15) is 5.10 Å². The van der Waals surface area contributed by atoms with Crippen molar-refractivity contribution in [2.75, 3.05) is 44.9 Å². The summed E-state index contributed by atoms with van der Waals surface area (Å²) in [6, 6.07) is 6.23. The van der Waals surface area contributed by atoms with Crippen LogP contribution in [0.1, 0.15) is 91.0 Å². The average Bonchev–Trinajstić information content (AvgIpc) is 3.99. The number of carbonyl (C=O) groups excluding carboxylic acids is 4. The normalized spacial score (nSPS) is 18.4. The first-order valence-electron chi connectivity index (χ1n) is 27.0. The van der Waals surface area contributed by atoms with E-state index in [1.807, 2.05) is 0 Å². The molecule has 2 bridgehead atoms. The third-order valence-electron chi connectivity index (χ3n) is 14.6. The number of piperidine rings is 1. The van der Waals surface area contributed by atoms with Gasteiger partial charge in [-0.1, -0.05) is 86.3 Å². The minimum absolute atomic E-state index is 0.00794. The first kappa shape index (κ1) is 62.2. The van der Waals surface area contributed by atoms with Crippen LogP contribution in [-0.2, 0) is 43.4 Å². The monoisotopic (exact) mass is 1150 g/mol. The van der Waals surface area contributed by atoms with E-state index in [1.54, 1.807) is 99.0 Å². The number of alkyl halides is 2. The summed E-state index contributed by atoms with van der Waals surface area (Å²) in [4.78, 5) is 81.1. The number of aliphatic hydroxyl groups excluding tert-OH is 1. The highest BCUT2D eigenvalue weighted by Gasteiger charge is 2.50.